The molecule has 2 heterocycles. The summed E-state index contributed by atoms with van der Waals surface area (Å²) in [5.41, 5.74) is 0. The van der Waals surface area contributed by atoms with Gasteiger partial charge in [-0.1, -0.05) is 11.8 Å². The molecular formula is C18H19FN4O3S. The third-order valence-corrected chi connectivity index (χ3v) is 4.75. The Labute approximate surface area is 159 Å². The zero-order valence-electron chi connectivity index (χ0n) is 14.9. The summed E-state index contributed by atoms with van der Waals surface area (Å²) in [6.45, 7) is 2.18. The topological polar surface area (TPSA) is 82.2 Å². The molecule has 0 saturated carbocycles. The molecule has 1 N–H and O–H groups in total. The van der Waals surface area contributed by atoms with Gasteiger partial charge in [0, 0.05) is 7.05 Å². The number of carbonyl (C=O) groups excluding carboxylic acids is 1. The number of nitrogens with zero attached hydrogens (tertiary/aromatic N) is 3. The highest BCUT2D eigenvalue weighted by atomic mass is 32.2. The Morgan fingerprint density at radius 3 is 2.81 bits per heavy atom. The molecule has 0 aliphatic heterocycles. The van der Waals surface area contributed by atoms with Crippen LogP contribution in [0, 0.1) is 5.82 Å². The molecule has 1 atom stereocenters. The van der Waals surface area contributed by atoms with Crippen molar-refractivity contribution < 1.29 is 18.3 Å². The van der Waals surface area contributed by atoms with Crippen molar-refractivity contribution in [2.75, 3.05) is 5.75 Å². The van der Waals surface area contributed by atoms with E-state index in [1.165, 1.54) is 23.9 Å². The first-order chi connectivity index (χ1) is 13.0. The van der Waals surface area contributed by atoms with Gasteiger partial charge in [-0.3, -0.25) is 4.79 Å². The van der Waals surface area contributed by atoms with Crippen LogP contribution in [0.4, 0.5) is 4.39 Å². The standard InChI is InChI=1S/C18H19FN4O3S/c1-12(26-14-7-5-13(19)6-8-14)17-21-22-18(23(17)2)27-11-16(24)20-10-15-4-3-9-25-15/h3-9,12H,10-11H2,1-2H3,(H,20,24). The summed E-state index contributed by atoms with van der Waals surface area (Å²) in [6.07, 6.45) is 1.18. The lowest BCUT2D eigenvalue weighted by Crippen LogP contribution is -2.24. The summed E-state index contributed by atoms with van der Waals surface area (Å²) in [5, 5.41) is 11.6. The van der Waals surface area contributed by atoms with Crippen molar-refractivity contribution in [1.29, 1.82) is 0 Å². The lowest BCUT2D eigenvalue weighted by atomic mass is 10.3. The van der Waals surface area contributed by atoms with Crippen molar-refractivity contribution in [3.05, 3.63) is 60.1 Å². The number of amides is 1. The predicted octanol–water partition coefficient (Wildman–Crippen LogP) is 3.10. The summed E-state index contributed by atoms with van der Waals surface area (Å²) in [4.78, 5) is 11.9. The summed E-state index contributed by atoms with van der Waals surface area (Å²) in [6, 6.07) is 9.35. The average molecular weight is 390 g/mol. The highest BCUT2D eigenvalue weighted by Gasteiger charge is 2.18. The minimum Gasteiger partial charge on any atom is -0.483 e. The molecule has 0 spiro atoms. The van der Waals surface area contributed by atoms with Crippen molar-refractivity contribution in [3.8, 4) is 5.75 Å². The first-order valence-electron chi connectivity index (χ1n) is 8.26. The maximum Gasteiger partial charge on any atom is 0.230 e. The number of benzene rings is 1. The van der Waals surface area contributed by atoms with E-state index in [2.05, 4.69) is 15.5 Å². The molecule has 1 aromatic carbocycles. The lowest BCUT2D eigenvalue weighted by Gasteiger charge is -2.14. The van der Waals surface area contributed by atoms with Crippen molar-refractivity contribution in [2.45, 2.75) is 24.7 Å². The van der Waals surface area contributed by atoms with Crippen LogP contribution in [0.3, 0.4) is 0 Å². The van der Waals surface area contributed by atoms with Gasteiger partial charge in [0.2, 0.25) is 5.91 Å². The molecule has 0 aliphatic rings. The van der Waals surface area contributed by atoms with Crippen LogP contribution >= 0.6 is 11.8 Å². The fourth-order valence-corrected chi connectivity index (χ4v) is 3.10. The molecule has 3 rings (SSSR count). The Balaban J connectivity index is 1.53. The zero-order chi connectivity index (χ0) is 19.2. The van der Waals surface area contributed by atoms with Crippen LogP contribution in [-0.4, -0.2) is 26.4 Å². The predicted molar refractivity (Wildman–Crippen MR) is 97.7 cm³/mol. The first kappa shape index (κ1) is 19.0. The molecule has 1 amide bonds. The molecule has 0 bridgehead atoms. The van der Waals surface area contributed by atoms with Crippen LogP contribution in [0.25, 0.3) is 0 Å². The van der Waals surface area contributed by atoms with Crippen molar-refractivity contribution in [3.63, 3.8) is 0 Å². The van der Waals surface area contributed by atoms with Gasteiger partial charge in [-0.2, -0.15) is 0 Å². The quantitative estimate of drug-likeness (QED) is 0.595. The molecule has 9 heteroatoms. The lowest BCUT2D eigenvalue weighted by molar-refractivity contribution is -0.118. The van der Waals surface area contributed by atoms with E-state index in [4.69, 9.17) is 9.15 Å². The number of furan rings is 1. The maximum absolute atomic E-state index is 13.0. The molecule has 142 valence electrons. The molecule has 3 aromatic rings. The van der Waals surface area contributed by atoms with E-state index in [-0.39, 0.29) is 23.6 Å². The number of aromatic nitrogens is 3. The Hall–Kier alpha value is -2.81. The third-order valence-electron chi connectivity index (χ3n) is 3.73. The first-order valence-corrected chi connectivity index (χ1v) is 9.25. The molecule has 0 saturated heterocycles. The maximum atomic E-state index is 13.0. The second-order valence-corrected chi connectivity index (χ2v) is 6.70. The number of ether oxygens (including phenoxy) is 1. The Morgan fingerprint density at radius 1 is 1.33 bits per heavy atom. The van der Waals surface area contributed by atoms with Gasteiger partial charge in [0.05, 0.1) is 18.6 Å². The number of nitrogens with one attached hydrogen (secondary N) is 1. The summed E-state index contributed by atoms with van der Waals surface area (Å²) < 4.78 is 25.7. The summed E-state index contributed by atoms with van der Waals surface area (Å²) in [7, 11) is 1.81. The minimum absolute atomic E-state index is 0.128. The van der Waals surface area contributed by atoms with Gasteiger partial charge < -0.3 is 19.0 Å². The minimum atomic E-state index is -0.380. The van der Waals surface area contributed by atoms with Crippen LogP contribution in [0.1, 0.15) is 24.6 Å². The van der Waals surface area contributed by atoms with E-state index < -0.39 is 0 Å². The fraction of sp³-hybridized carbons (Fsp3) is 0.278. The van der Waals surface area contributed by atoms with Crippen molar-refractivity contribution >= 4 is 17.7 Å². The van der Waals surface area contributed by atoms with E-state index in [1.807, 2.05) is 14.0 Å². The van der Waals surface area contributed by atoms with Gasteiger partial charge in [0.1, 0.15) is 17.3 Å². The highest BCUT2D eigenvalue weighted by molar-refractivity contribution is 7.99. The van der Waals surface area contributed by atoms with E-state index in [9.17, 15) is 9.18 Å². The van der Waals surface area contributed by atoms with Crippen molar-refractivity contribution in [1.82, 2.24) is 20.1 Å². The molecular weight excluding hydrogens is 371 g/mol. The second-order valence-electron chi connectivity index (χ2n) is 5.76. The van der Waals surface area contributed by atoms with Crippen LogP contribution in [0.5, 0.6) is 5.75 Å². The Kier molecular flexibility index (Phi) is 6.12. The second kappa shape index (κ2) is 8.72. The number of halogens is 1. The number of hydrogen-bond donors (Lipinski definition) is 1. The van der Waals surface area contributed by atoms with E-state index >= 15 is 0 Å². The molecule has 27 heavy (non-hydrogen) atoms. The van der Waals surface area contributed by atoms with Gasteiger partial charge in [0.25, 0.3) is 0 Å². The average Bonchev–Trinajstić information content (AvgIpc) is 3.30. The number of hydrogen-bond acceptors (Lipinski definition) is 6. The number of rotatable bonds is 8. The smallest absolute Gasteiger partial charge is 0.230 e. The van der Waals surface area contributed by atoms with E-state index in [0.717, 1.165) is 0 Å². The highest BCUT2D eigenvalue weighted by Crippen LogP contribution is 2.23. The van der Waals surface area contributed by atoms with Crippen molar-refractivity contribution in [2.24, 2.45) is 7.05 Å². The third kappa shape index (κ3) is 5.10. The largest absolute Gasteiger partial charge is 0.483 e. The zero-order valence-corrected chi connectivity index (χ0v) is 15.7. The molecule has 0 fully saturated rings. The number of carbonyl (C=O) groups is 1. The van der Waals surface area contributed by atoms with Gasteiger partial charge >= 0.3 is 0 Å². The molecule has 0 radical (unpaired) electrons. The molecule has 0 aliphatic carbocycles. The van der Waals surface area contributed by atoms with Gasteiger partial charge in [0.15, 0.2) is 17.1 Å². The number of thioether (sulfide) groups is 1. The SMILES string of the molecule is CC(Oc1ccc(F)cc1)c1nnc(SCC(=O)NCc2ccco2)n1C. The summed E-state index contributed by atoms with van der Waals surface area (Å²) in [5.74, 6) is 1.60. The molecule has 1 unspecified atom stereocenters. The van der Waals surface area contributed by atoms with Gasteiger partial charge in [-0.15, -0.1) is 10.2 Å². The van der Waals surface area contributed by atoms with E-state index in [1.54, 1.807) is 35.1 Å². The van der Waals surface area contributed by atoms with Gasteiger partial charge in [-0.05, 0) is 43.3 Å². The van der Waals surface area contributed by atoms with Crippen LogP contribution in [0.2, 0.25) is 0 Å². The van der Waals surface area contributed by atoms with E-state index in [0.29, 0.717) is 29.0 Å². The fourth-order valence-electron chi connectivity index (χ4n) is 2.36. The van der Waals surface area contributed by atoms with Crippen LogP contribution < -0.4 is 10.1 Å². The van der Waals surface area contributed by atoms with Crippen LogP contribution in [-0.2, 0) is 18.4 Å². The van der Waals surface area contributed by atoms with Gasteiger partial charge in [-0.25, -0.2) is 4.39 Å². The Bertz CT molecular complexity index is 881. The molecule has 7 nitrogen and oxygen atoms in total. The normalized spacial score (nSPS) is 12.0. The molecule has 2 aromatic heterocycles. The monoisotopic (exact) mass is 390 g/mol. The Morgan fingerprint density at radius 2 is 2.11 bits per heavy atom. The summed E-state index contributed by atoms with van der Waals surface area (Å²) >= 11 is 1.28. The van der Waals surface area contributed by atoms with Crippen LogP contribution in [0.15, 0.2) is 52.2 Å².